The maximum absolute atomic E-state index is 12.7. The largest absolute Gasteiger partial charge is 0.462 e. The molecule has 0 aromatic heterocycles. The summed E-state index contributed by atoms with van der Waals surface area (Å²) in [4.78, 5) is 37.6. The van der Waals surface area contributed by atoms with E-state index in [1.165, 1.54) is 148 Å². The molecule has 0 saturated carbocycles. The monoisotopic (exact) mass is 779 g/mol. The molecule has 0 spiro atoms. The molecule has 0 radical (unpaired) electrons. The van der Waals surface area contributed by atoms with Gasteiger partial charge >= 0.3 is 17.9 Å². The summed E-state index contributed by atoms with van der Waals surface area (Å²) < 4.78 is 16.6. The second kappa shape index (κ2) is 42.0. The Morgan fingerprint density at radius 3 is 1.04 bits per heavy atom. The number of unbranched alkanes of at least 4 members (excludes halogenated alkanes) is 27. The van der Waals surface area contributed by atoms with Crippen LogP contribution in [0.3, 0.4) is 0 Å². The Labute approximate surface area is 342 Å². The van der Waals surface area contributed by atoms with E-state index in [0.717, 1.165) is 76.0 Å². The Bertz CT molecular complexity index is 841. The average Bonchev–Trinajstić information content (AvgIpc) is 3.17. The van der Waals surface area contributed by atoms with E-state index < -0.39 is 6.10 Å². The highest BCUT2D eigenvalue weighted by Crippen LogP contribution is 2.17. The van der Waals surface area contributed by atoms with Gasteiger partial charge < -0.3 is 14.2 Å². The third-order valence-corrected chi connectivity index (χ3v) is 11.3. The molecule has 0 amide bonds. The molecule has 0 aliphatic heterocycles. The van der Waals surface area contributed by atoms with Crippen LogP contribution in [0.5, 0.6) is 0 Å². The first-order valence-electron chi connectivity index (χ1n) is 24.3. The standard InChI is InChI=1S/C49H94O6/c1-6-8-9-27-34-39-47(50)53-42-46(43-54-48(51)40-35-30-25-21-18-17-20-24-29-33-38-45(5)7-2)55-49(52)41-36-31-26-22-16-14-12-10-11-13-15-19-23-28-32-37-44(3)4/h44-46H,6-43H2,1-5H3/t45?,46-/m1/s1. The number of carbonyl (C=O) groups excluding carboxylic acids is 3. The molecule has 0 bridgehead atoms. The zero-order valence-corrected chi connectivity index (χ0v) is 37.6. The van der Waals surface area contributed by atoms with E-state index in [2.05, 4.69) is 34.6 Å². The van der Waals surface area contributed by atoms with Gasteiger partial charge in [-0.15, -0.1) is 0 Å². The minimum atomic E-state index is -0.759. The normalized spacial score (nSPS) is 12.5. The Balaban J connectivity index is 4.15. The minimum absolute atomic E-state index is 0.0653. The molecule has 0 N–H and O–H groups in total. The Hall–Kier alpha value is -1.59. The maximum atomic E-state index is 12.7. The molecule has 2 atom stereocenters. The fourth-order valence-electron chi connectivity index (χ4n) is 7.25. The Morgan fingerprint density at radius 2 is 0.691 bits per heavy atom. The summed E-state index contributed by atoms with van der Waals surface area (Å²) in [6.07, 6.45) is 41.1. The van der Waals surface area contributed by atoms with Crippen LogP contribution < -0.4 is 0 Å². The molecular formula is C49H94O6. The second-order valence-corrected chi connectivity index (χ2v) is 17.5. The van der Waals surface area contributed by atoms with E-state index in [4.69, 9.17) is 14.2 Å². The van der Waals surface area contributed by atoms with Gasteiger partial charge in [-0.3, -0.25) is 14.4 Å². The molecule has 0 aliphatic rings. The first-order valence-corrected chi connectivity index (χ1v) is 24.3. The van der Waals surface area contributed by atoms with Crippen molar-refractivity contribution < 1.29 is 28.6 Å². The molecule has 326 valence electrons. The van der Waals surface area contributed by atoms with Crippen molar-refractivity contribution in [3.63, 3.8) is 0 Å². The molecule has 1 unspecified atom stereocenters. The van der Waals surface area contributed by atoms with Crippen molar-refractivity contribution in [3.8, 4) is 0 Å². The lowest BCUT2D eigenvalue weighted by atomic mass is 9.99. The molecule has 0 aromatic rings. The number of carbonyl (C=O) groups is 3. The van der Waals surface area contributed by atoms with Crippen LogP contribution in [0.1, 0.15) is 266 Å². The summed E-state index contributed by atoms with van der Waals surface area (Å²) in [5.41, 5.74) is 0. The fraction of sp³-hybridized carbons (Fsp3) is 0.939. The van der Waals surface area contributed by atoms with Gasteiger partial charge in [-0.25, -0.2) is 0 Å². The average molecular weight is 779 g/mol. The number of hydrogen-bond acceptors (Lipinski definition) is 6. The Kier molecular flexibility index (Phi) is 40.8. The van der Waals surface area contributed by atoms with Crippen LogP contribution in [0.2, 0.25) is 0 Å². The van der Waals surface area contributed by atoms with E-state index >= 15 is 0 Å². The van der Waals surface area contributed by atoms with Gasteiger partial charge in [0.25, 0.3) is 0 Å². The predicted molar refractivity (Wildman–Crippen MR) is 233 cm³/mol. The van der Waals surface area contributed by atoms with Crippen LogP contribution >= 0.6 is 0 Å². The lowest BCUT2D eigenvalue weighted by Crippen LogP contribution is -2.30. The highest BCUT2D eigenvalue weighted by atomic mass is 16.6. The molecule has 0 fully saturated rings. The van der Waals surface area contributed by atoms with Gasteiger partial charge in [0.05, 0.1) is 0 Å². The number of ether oxygens (including phenoxy) is 3. The highest BCUT2D eigenvalue weighted by Gasteiger charge is 2.19. The van der Waals surface area contributed by atoms with Gasteiger partial charge in [-0.05, 0) is 31.1 Å². The molecule has 0 aromatic carbocycles. The molecule has 0 saturated heterocycles. The maximum Gasteiger partial charge on any atom is 0.306 e. The van der Waals surface area contributed by atoms with E-state index in [1.807, 2.05) is 0 Å². The number of hydrogen-bond donors (Lipinski definition) is 0. The smallest absolute Gasteiger partial charge is 0.306 e. The first kappa shape index (κ1) is 53.4. The van der Waals surface area contributed by atoms with Crippen molar-refractivity contribution in [1.29, 1.82) is 0 Å². The quantitative estimate of drug-likeness (QED) is 0.0348. The van der Waals surface area contributed by atoms with E-state index in [1.54, 1.807) is 0 Å². The predicted octanol–water partition coefficient (Wildman–Crippen LogP) is 15.4. The van der Waals surface area contributed by atoms with Gasteiger partial charge in [-0.1, -0.05) is 227 Å². The fourth-order valence-corrected chi connectivity index (χ4v) is 7.25. The third kappa shape index (κ3) is 41.9. The number of rotatable bonds is 43. The molecule has 55 heavy (non-hydrogen) atoms. The molecule has 0 aliphatic carbocycles. The summed E-state index contributed by atoms with van der Waals surface area (Å²) in [5, 5.41) is 0. The molecule has 0 rings (SSSR count). The SMILES string of the molecule is CCCCCCCC(=O)OC[C@H](COC(=O)CCCCCCCCCCCCC(C)CC)OC(=O)CCCCCCCCCCCCCCCCCC(C)C. The molecule has 0 heterocycles. The van der Waals surface area contributed by atoms with E-state index in [9.17, 15) is 14.4 Å². The molecular weight excluding hydrogens is 685 g/mol. The van der Waals surface area contributed by atoms with Crippen LogP contribution in [0, 0.1) is 11.8 Å². The minimum Gasteiger partial charge on any atom is -0.462 e. The summed E-state index contributed by atoms with van der Waals surface area (Å²) in [7, 11) is 0. The lowest BCUT2D eigenvalue weighted by Gasteiger charge is -2.18. The zero-order chi connectivity index (χ0) is 40.5. The van der Waals surface area contributed by atoms with Gasteiger partial charge in [0.15, 0.2) is 6.10 Å². The molecule has 6 heteroatoms. The summed E-state index contributed by atoms with van der Waals surface area (Å²) >= 11 is 0. The van der Waals surface area contributed by atoms with Crippen LogP contribution in [0.4, 0.5) is 0 Å². The lowest BCUT2D eigenvalue weighted by molar-refractivity contribution is -0.167. The van der Waals surface area contributed by atoms with Gasteiger partial charge in [-0.2, -0.15) is 0 Å². The van der Waals surface area contributed by atoms with Crippen molar-refractivity contribution in [1.82, 2.24) is 0 Å². The van der Waals surface area contributed by atoms with Crippen LogP contribution in [-0.2, 0) is 28.6 Å². The molecule has 6 nitrogen and oxygen atoms in total. The van der Waals surface area contributed by atoms with Crippen molar-refractivity contribution in [2.24, 2.45) is 11.8 Å². The van der Waals surface area contributed by atoms with Crippen LogP contribution in [-0.4, -0.2) is 37.2 Å². The third-order valence-electron chi connectivity index (χ3n) is 11.3. The topological polar surface area (TPSA) is 78.9 Å². The summed E-state index contributed by atoms with van der Waals surface area (Å²) in [6, 6.07) is 0. The summed E-state index contributed by atoms with van der Waals surface area (Å²) in [6.45, 7) is 11.3. The van der Waals surface area contributed by atoms with Crippen LogP contribution in [0.15, 0.2) is 0 Å². The van der Waals surface area contributed by atoms with Crippen molar-refractivity contribution in [2.45, 2.75) is 272 Å². The van der Waals surface area contributed by atoms with Gasteiger partial charge in [0, 0.05) is 19.3 Å². The van der Waals surface area contributed by atoms with Crippen LogP contribution in [0.25, 0.3) is 0 Å². The zero-order valence-electron chi connectivity index (χ0n) is 37.6. The summed E-state index contributed by atoms with van der Waals surface area (Å²) in [5.74, 6) is 0.851. The van der Waals surface area contributed by atoms with Crippen molar-refractivity contribution in [3.05, 3.63) is 0 Å². The van der Waals surface area contributed by atoms with Crippen molar-refractivity contribution >= 4 is 17.9 Å². The number of esters is 3. The first-order chi connectivity index (χ1) is 26.8. The Morgan fingerprint density at radius 1 is 0.382 bits per heavy atom. The second-order valence-electron chi connectivity index (χ2n) is 17.5. The van der Waals surface area contributed by atoms with Crippen molar-refractivity contribution in [2.75, 3.05) is 13.2 Å². The van der Waals surface area contributed by atoms with Gasteiger partial charge in [0.2, 0.25) is 0 Å². The van der Waals surface area contributed by atoms with E-state index in [0.29, 0.717) is 19.3 Å². The highest BCUT2D eigenvalue weighted by molar-refractivity contribution is 5.71. The van der Waals surface area contributed by atoms with E-state index in [-0.39, 0.29) is 31.1 Å². The van der Waals surface area contributed by atoms with Gasteiger partial charge in [0.1, 0.15) is 13.2 Å².